The van der Waals surface area contributed by atoms with Crippen LogP contribution in [0.2, 0.25) is 5.02 Å². The monoisotopic (exact) mass is 270 g/mol. The second kappa shape index (κ2) is 4.52. The summed E-state index contributed by atoms with van der Waals surface area (Å²) in [4.78, 5) is 16.2. The maximum Gasteiger partial charge on any atom is 0.352 e. The Morgan fingerprint density at radius 1 is 1.11 bits per heavy atom. The molecule has 0 spiro atoms. The van der Waals surface area contributed by atoms with E-state index >= 15 is 0 Å². The molecule has 0 saturated heterocycles. The van der Waals surface area contributed by atoms with Crippen LogP contribution in [-0.4, -0.2) is 9.55 Å². The van der Waals surface area contributed by atoms with Crippen LogP contribution in [0.5, 0.6) is 0 Å². The molecule has 0 aliphatic rings. The Balaban J connectivity index is 2.48. The van der Waals surface area contributed by atoms with E-state index in [1.165, 1.54) is 0 Å². The Bertz CT molecular complexity index is 809. The van der Waals surface area contributed by atoms with Crippen molar-refractivity contribution >= 4 is 22.5 Å². The molecule has 0 radical (unpaired) electrons. The van der Waals surface area contributed by atoms with Gasteiger partial charge in [-0.3, -0.25) is 4.57 Å². The number of rotatable bonds is 1. The zero-order chi connectivity index (χ0) is 13.4. The zero-order valence-electron chi connectivity index (χ0n) is 10.3. The third kappa shape index (κ3) is 2.02. The van der Waals surface area contributed by atoms with Crippen LogP contribution in [0.3, 0.4) is 0 Å². The highest BCUT2D eigenvalue weighted by Gasteiger charge is 2.09. The second-order valence-electron chi connectivity index (χ2n) is 4.31. The molecule has 0 aliphatic carbocycles. The van der Waals surface area contributed by atoms with Crippen molar-refractivity contribution in [3.63, 3.8) is 0 Å². The first kappa shape index (κ1) is 11.9. The van der Waals surface area contributed by atoms with Crippen molar-refractivity contribution in [2.75, 3.05) is 0 Å². The van der Waals surface area contributed by atoms with Gasteiger partial charge in [0.1, 0.15) is 0 Å². The predicted octanol–water partition coefficient (Wildman–Crippen LogP) is 3.35. The Kier molecular flexibility index (Phi) is 2.84. The van der Waals surface area contributed by atoms with Gasteiger partial charge in [-0.05, 0) is 37.3 Å². The van der Waals surface area contributed by atoms with E-state index in [1.54, 1.807) is 16.7 Å². The van der Waals surface area contributed by atoms with Crippen molar-refractivity contribution in [3.05, 3.63) is 69.7 Å². The Hall–Kier alpha value is -2.13. The normalized spacial score (nSPS) is 10.8. The Morgan fingerprint density at radius 2 is 1.84 bits per heavy atom. The number of nitrogens with zero attached hydrogens (tertiary/aromatic N) is 2. The molecule has 3 rings (SSSR count). The number of aromatic nitrogens is 2. The molecule has 19 heavy (non-hydrogen) atoms. The third-order valence-corrected chi connectivity index (χ3v) is 3.29. The van der Waals surface area contributed by atoms with Crippen LogP contribution in [0.15, 0.2) is 53.3 Å². The average Bonchev–Trinajstić information content (AvgIpc) is 2.39. The van der Waals surface area contributed by atoms with Gasteiger partial charge >= 0.3 is 5.69 Å². The van der Waals surface area contributed by atoms with Gasteiger partial charge < -0.3 is 0 Å². The van der Waals surface area contributed by atoms with E-state index in [0.29, 0.717) is 10.7 Å². The molecule has 3 nitrogen and oxygen atoms in total. The van der Waals surface area contributed by atoms with Crippen molar-refractivity contribution in [2.24, 2.45) is 0 Å². The molecule has 0 bridgehead atoms. The van der Waals surface area contributed by atoms with Crippen LogP contribution in [0.4, 0.5) is 0 Å². The van der Waals surface area contributed by atoms with Gasteiger partial charge in [0.2, 0.25) is 0 Å². The van der Waals surface area contributed by atoms with E-state index in [0.717, 1.165) is 16.6 Å². The second-order valence-corrected chi connectivity index (χ2v) is 4.75. The van der Waals surface area contributed by atoms with Gasteiger partial charge in [-0.25, -0.2) is 4.79 Å². The number of hydrogen-bond donors (Lipinski definition) is 0. The Labute approximate surface area is 115 Å². The lowest BCUT2D eigenvalue weighted by Gasteiger charge is -2.11. The fraction of sp³-hybridized carbons (Fsp3) is 0.0667. The highest BCUT2D eigenvalue weighted by atomic mass is 35.5. The SMILES string of the molecule is Cc1nc(=O)n(-c2ccccc2)c2cc(Cl)ccc12. The Morgan fingerprint density at radius 3 is 2.58 bits per heavy atom. The molecular formula is C15H11ClN2O. The lowest BCUT2D eigenvalue weighted by Crippen LogP contribution is -2.22. The van der Waals surface area contributed by atoms with Crippen LogP contribution in [0.25, 0.3) is 16.6 Å². The molecule has 0 amide bonds. The van der Waals surface area contributed by atoms with Gasteiger partial charge in [-0.1, -0.05) is 29.8 Å². The van der Waals surface area contributed by atoms with E-state index < -0.39 is 0 Å². The van der Waals surface area contributed by atoms with Gasteiger partial charge in [0, 0.05) is 10.4 Å². The summed E-state index contributed by atoms with van der Waals surface area (Å²) in [6.45, 7) is 1.83. The lowest BCUT2D eigenvalue weighted by molar-refractivity contribution is 0.940. The number of hydrogen-bond acceptors (Lipinski definition) is 2. The summed E-state index contributed by atoms with van der Waals surface area (Å²) < 4.78 is 1.58. The molecule has 94 valence electrons. The van der Waals surface area contributed by atoms with Gasteiger partial charge in [-0.2, -0.15) is 4.98 Å². The van der Waals surface area contributed by atoms with Crippen molar-refractivity contribution < 1.29 is 0 Å². The molecule has 2 aromatic carbocycles. The molecule has 0 unspecified atom stereocenters. The van der Waals surface area contributed by atoms with Crippen LogP contribution in [0.1, 0.15) is 5.69 Å². The molecule has 0 saturated carbocycles. The number of para-hydroxylation sites is 1. The standard InChI is InChI=1S/C15H11ClN2O/c1-10-13-8-7-11(16)9-14(13)18(15(19)17-10)12-5-3-2-4-6-12/h2-9H,1H3. The first-order valence-corrected chi connectivity index (χ1v) is 6.29. The minimum atomic E-state index is -0.293. The van der Waals surface area contributed by atoms with Gasteiger partial charge in [0.25, 0.3) is 0 Å². The van der Waals surface area contributed by atoms with Crippen LogP contribution < -0.4 is 5.69 Å². The molecular weight excluding hydrogens is 260 g/mol. The maximum atomic E-state index is 12.2. The number of halogens is 1. The van der Waals surface area contributed by atoms with Crippen molar-refractivity contribution in [3.8, 4) is 5.69 Å². The summed E-state index contributed by atoms with van der Waals surface area (Å²) in [6, 6.07) is 14.9. The smallest absolute Gasteiger partial charge is 0.260 e. The van der Waals surface area contributed by atoms with Gasteiger partial charge in [-0.15, -0.1) is 0 Å². The van der Waals surface area contributed by atoms with Gasteiger partial charge in [0.15, 0.2) is 0 Å². The van der Waals surface area contributed by atoms with Crippen LogP contribution in [0, 0.1) is 6.92 Å². The molecule has 4 heteroatoms. The summed E-state index contributed by atoms with van der Waals surface area (Å²) in [5.74, 6) is 0. The molecule has 0 N–H and O–H groups in total. The van der Waals surface area contributed by atoms with Crippen molar-refractivity contribution in [1.29, 1.82) is 0 Å². The summed E-state index contributed by atoms with van der Waals surface area (Å²) in [5, 5.41) is 1.52. The highest BCUT2D eigenvalue weighted by Crippen LogP contribution is 2.22. The van der Waals surface area contributed by atoms with Crippen LogP contribution in [-0.2, 0) is 0 Å². The zero-order valence-corrected chi connectivity index (χ0v) is 11.1. The largest absolute Gasteiger partial charge is 0.352 e. The average molecular weight is 271 g/mol. The maximum absolute atomic E-state index is 12.2. The molecule has 3 aromatic rings. The highest BCUT2D eigenvalue weighted by molar-refractivity contribution is 6.31. The molecule has 0 atom stereocenters. The predicted molar refractivity (Wildman–Crippen MR) is 77.1 cm³/mol. The van der Waals surface area contributed by atoms with E-state index in [2.05, 4.69) is 4.98 Å². The molecule has 0 aliphatic heterocycles. The summed E-state index contributed by atoms with van der Waals surface area (Å²) in [5.41, 5.74) is 1.98. The summed E-state index contributed by atoms with van der Waals surface area (Å²) in [7, 11) is 0. The fourth-order valence-corrected chi connectivity index (χ4v) is 2.35. The molecule has 0 fully saturated rings. The number of aryl methyl sites for hydroxylation is 1. The first-order valence-electron chi connectivity index (χ1n) is 5.91. The minimum Gasteiger partial charge on any atom is -0.260 e. The van der Waals surface area contributed by atoms with Crippen LogP contribution >= 0.6 is 11.6 Å². The summed E-state index contributed by atoms with van der Waals surface area (Å²) >= 11 is 6.05. The fourth-order valence-electron chi connectivity index (χ4n) is 2.18. The quantitative estimate of drug-likeness (QED) is 0.680. The van der Waals surface area contributed by atoms with Crippen molar-refractivity contribution in [2.45, 2.75) is 6.92 Å². The van der Waals surface area contributed by atoms with Crippen molar-refractivity contribution in [1.82, 2.24) is 9.55 Å². The molecule has 1 aromatic heterocycles. The van der Waals surface area contributed by atoms with E-state index in [-0.39, 0.29) is 5.69 Å². The molecule has 1 heterocycles. The van der Waals surface area contributed by atoms with Gasteiger partial charge in [0.05, 0.1) is 16.9 Å². The van der Waals surface area contributed by atoms with E-state index in [9.17, 15) is 4.79 Å². The number of fused-ring (bicyclic) bond motifs is 1. The van der Waals surface area contributed by atoms with E-state index in [4.69, 9.17) is 11.6 Å². The summed E-state index contributed by atoms with van der Waals surface area (Å²) in [6.07, 6.45) is 0. The first-order chi connectivity index (χ1) is 9.16. The third-order valence-electron chi connectivity index (χ3n) is 3.06. The van der Waals surface area contributed by atoms with E-state index in [1.807, 2.05) is 43.3 Å². The number of benzene rings is 2. The topological polar surface area (TPSA) is 34.9 Å². The lowest BCUT2D eigenvalue weighted by atomic mass is 10.2. The minimum absolute atomic E-state index is 0.293.